The predicted molar refractivity (Wildman–Crippen MR) is 98.2 cm³/mol. The van der Waals surface area contributed by atoms with Crippen molar-refractivity contribution in [2.75, 3.05) is 46.5 Å². The van der Waals surface area contributed by atoms with Crippen LogP contribution in [0.25, 0.3) is 0 Å². The highest BCUT2D eigenvalue weighted by Crippen LogP contribution is 2.21. The molecule has 2 fully saturated rings. The van der Waals surface area contributed by atoms with Gasteiger partial charge in [0.05, 0.1) is 19.3 Å². The molecule has 2 atom stereocenters. The van der Waals surface area contributed by atoms with Crippen molar-refractivity contribution in [3.05, 3.63) is 30.1 Å². The van der Waals surface area contributed by atoms with E-state index in [1.165, 1.54) is 12.1 Å². The Bertz CT molecular complexity index is 576. The fourth-order valence-corrected chi connectivity index (χ4v) is 3.31. The monoisotopic (exact) mass is 365 g/mol. The lowest BCUT2D eigenvalue weighted by Crippen LogP contribution is -2.53. The Morgan fingerprint density at radius 1 is 1.27 bits per heavy atom. The molecule has 2 aliphatic heterocycles. The van der Waals surface area contributed by atoms with Gasteiger partial charge in [0.15, 0.2) is 5.96 Å². The summed E-state index contributed by atoms with van der Waals surface area (Å²) in [5, 5.41) is 3.39. The first-order valence-corrected chi connectivity index (χ1v) is 9.33. The summed E-state index contributed by atoms with van der Waals surface area (Å²) in [5.41, 5.74) is 0. The molecule has 3 rings (SSSR count). The van der Waals surface area contributed by atoms with E-state index >= 15 is 0 Å². The Hall–Kier alpha value is -1.86. The van der Waals surface area contributed by atoms with Crippen LogP contribution in [0.4, 0.5) is 4.39 Å². The number of hydrogen-bond acceptors (Lipinski definition) is 4. The van der Waals surface area contributed by atoms with Gasteiger partial charge in [-0.1, -0.05) is 0 Å². The molecule has 1 aromatic carbocycles. The fourth-order valence-electron chi connectivity index (χ4n) is 3.31. The van der Waals surface area contributed by atoms with Crippen molar-refractivity contribution in [1.29, 1.82) is 0 Å². The van der Waals surface area contributed by atoms with Crippen LogP contribution < -0.4 is 10.1 Å². The molecule has 2 unspecified atom stereocenters. The van der Waals surface area contributed by atoms with Crippen LogP contribution in [0, 0.1) is 5.82 Å². The quantitative estimate of drug-likeness (QED) is 0.475. The van der Waals surface area contributed by atoms with Gasteiger partial charge >= 0.3 is 0 Å². The van der Waals surface area contributed by atoms with Crippen molar-refractivity contribution in [3.63, 3.8) is 0 Å². The maximum Gasteiger partial charge on any atom is 0.193 e. The van der Waals surface area contributed by atoms with E-state index in [4.69, 9.17) is 14.2 Å². The Labute approximate surface area is 154 Å². The van der Waals surface area contributed by atoms with Crippen molar-refractivity contribution < 1.29 is 18.6 Å². The zero-order valence-electron chi connectivity index (χ0n) is 15.3. The highest BCUT2D eigenvalue weighted by atomic mass is 19.1. The predicted octanol–water partition coefficient (Wildman–Crippen LogP) is 2.05. The number of morpholine rings is 1. The molecular weight excluding hydrogens is 337 g/mol. The van der Waals surface area contributed by atoms with Gasteiger partial charge in [-0.3, -0.25) is 4.99 Å². The summed E-state index contributed by atoms with van der Waals surface area (Å²) < 4.78 is 30.1. The van der Waals surface area contributed by atoms with E-state index in [0.29, 0.717) is 19.0 Å². The number of hydrogen-bond donors (Lipinski definition) is 1. The number of aliphatic imine (C=N–C) groups is 1. The second-order valence-corrected chi connectivity index (χ2v) is 6.54. The molecule has 2 aliphatic rings. The highest BCUT2D eigenvalue weighted by Gasteiger charge is 2.32. The standard InChI is InChI=1S/C19H28FN3O3/c1-21-19(22-9-3-12-24-16-7-5-15(20)6-8-16)23-10-13-26-18(14-23)17-4-2-11-25-17/h5-8,17-18H,2-4,9-14H2,1H3,(H,21,22). The first-order valence-electron chi connectivity index (χ1n) is 9.33. The lowest BCUT2D eigenvalue weighted by atomic mass is 10.1. The van der Waals surface area contributed by atoms with Gasteiger partial charge in [0.2, 0.25) is 0 Å². The van der Waals surface area contributed by atoms with Crippen LogP contribution in [0.2, 0.25) is 0 Å². The van der Waals surface area contributed by atoms with Gasteiger partial charge < -0.3 is 24.4 Å². The largest absolute Gasteiger partial charge is 0.494 e. The van der Waals surface area contributed by atoms with Crippen molar-refractivity contribution in [3.8, 4) is 5.75 Å². The van der Waals surface area contributed by atoms with Crippen LogP contribution in [0.15, 0.2) is 29.3 Å². The molecule has 7 heteroatoms. The topological polar surface area (TPSA) is 55.3 Å². The zero-order chi connectivity index (χ0) is 18.2. The smallest absolute Gasteiger partial charge is 0.193 e. The molecule has 1 aromatic rings. The van der Waals surface area contributed by atoms with Gasteiger partial charge in [0.25, 0.3) is 0 Å². The van der Waals surface area contributed by atoms with Crippen LogP contribution in [0.1, 0.15) is 19.3 Å². The molecule has 6 nitrogen and oxygen atoms in total. The Kier molecular flexibility index (Phi) is 7.08. The van der Waals surface area contributed by atoms with E-state index < -0.39 is 0 Å². The first kappa shape index (κ1) is 18.9. The van der Waals surface area contributed by atoms with Gasteiger partial charge in [0, 0.05) is 33.3 Å². The molecule has 0 radical (unpaired) electrons. The third-order valence-corrected chi connectivity index (χ3v) is 4.67. The summed E-state index contributed by atoms with van der Waals surface area (Å²) in [6.45, 7) is 4.49. The van der Waals surface area contributed by atoms with Crippen molar-refractivity contribution in [1.82, 2.24) is 10.2 Å². The van der Waals surface area contributed by atoms with Gasteiger partial charge in [-0.25, -0.2) is 4.39 Å². The molecule has 0 saturated carbocycles. The second-order valence-electron chi connectivity index (χ2n) is 6.54. The molecule has 2 heterocycles. The Morgan fingerprint density at radius 3 is 2.81 bits per heavy atom. The summed E-state index contributed by atoms with van der Waals surface area (Å²) in [6.07, 6.45) is 3.35. The van der Waals surface area contributed by atoms with E-state index in [-0.39, 0.29) is 18.0 Å². The van der Waals surface area contributed by atoms with E-state index in [0.717, 1.165) is 51.5 Å². The van der Waals surface area contributed by atoms with Gasteiger partial charge in [-0.15, -0.1) is 0 Å². The van der Waals surface area contributed by atoms with Gasteiger partial charge in [-0.2, -0.15) is 0 Å². The number of nitrogens with one attached hydrogen (secondary N) is 1. The number of rotatable bonds is 6. The number of halogens is 1. The Balaban J connectivity index is 1.37. The molecule has 1 N–H and O–H groups in total. The number of benzene rings is 1. The molecule has 0 aromatic heterocycles. The maximum absolute atomic E-state index is 12.9. The van der Waals surface area contributed by atoms with Crippen LogP contribution >= 0.6 is 0 Å². The Morgan fingerprint density at radius 2 is 2.08 bits per heavy atom. The summed E-state index contributed by atoms with van der Waals surface area (Å²) in [5.74, 6) is 1.32. The molecule has 26 heavy (non-hydrogen) atoms. The third kappa shape index (κ3) is 5.32. The summed E-state index contributed by atoms with van der Waals surface area (Å²) in [7, 11) is 1.80. The average Bonchev–Trinajstić information content (AvgIpc) is 3.21. The van der Waals surface area contributed by atoms with E-state index in [9.17, 15) is 4.39 Å². The van der Waals surface area contributed by atoms with Crippen LogP contribution in [0.3, 0.4) is 0 Å². The van der Waals surface area contributed by atoms with Crippen LogP contribution in [0.5, 0.6) is 5.75 Å². The molecule has 0 aliphatic carbocycles. The fraction of sp³-hybridized carbons (Fsp3) is 0.632. The lowest BCUT2D eigenvalue weighted by Gasteiger charge is -2.37. The lowest BCUT2D eigenvalue weighted by molar-refractivity contribution is -0.0816. The first-order chi connectivity index (χ1) is 12.8. The minimum atomic E-state index is -0.255. The SMILES string of the molecule is CN=C(NCCCOc1ccc(F)cc1)N1CCOC(C2CCCO2)C1. The van der Waals surface area contributed by atoms with Crippen LogP contribution in [-0.2, 0) is 9.47 Å². The maximum atomic E-state index is 12.9. The number of ether oxygens (including phenoxy) is 3. The van der Waals surface area contributed by atoms with E-state index in [1.807, 2.05) is 0 Å². The molecule has 0 bridgehead atoms. The number of guanidine groups is 1. The van der Waals surface area contributed by atoms with Crippen LogP contribution in [-0.4, -0.2) is 69.6 Å². The normalized spacial score (nSPS) is 23.9. The molecular formula is C19H28FN3O3. The minimum Gasteiger partial charge on any atom is -0.494 e. The van der Waals surface area contributed by atoms with E-state index in [2.05, 4.69) is 15.2 Å². The molecule has 144 valence electrons. The summed E-state index contributed by atoms with van der Waals surface area (Å²) >= 11 is 0. The van der Waals surface area contributed by atoms with Gasteiger partial charge in [0.1, 0.15) is 17.7 Å². The van der Waals surface area contributed by atoms with Crippen molar-refractivity contribution >= 4 is 5.96 Å². The average molecular weight is 365 g/mol. The summed E-state index contributed by atoms with van der Waals surface area (Å²) in [6, 6.07) is 6.08. The third-order valence-electron chi connectivity index (χ3n) is 4.67. The van der Waals surface area contributed by atoms with Crippen molar-refractivity contribution in [2.45, 2.75) is 31.5 Å². The number of nitrogens with zero attached hydrogens (tertiary/aromatic N) is 2. The second kappa shape index (κ2) is 9.73. The minimum absolute atomic E-state index is 0.117. The van der Waals surface area contributed by atoms with Gasteiger partial charge in [-0.05, 0) is 43.5 Å². The summed E-state index contributed by atoms with van der Waals surface area (Å²) in [4.78, 5) is 6.62. The molecule has 2 saturated heterocycles. The molecule has 0 spiro atoms. The highest BCUT2D eigenvalue weighted by molar-refractivity contribution is 5.80. The van der Waals surface area contributed by atoms with Crippen molar-refractivity contribution in [2.24, 2.45) is 4.99 Å². The molecule has 0 amide bonds. The van der Waals surface area contributed by atoms with E-state index in [1.54, 1.807) is 19.2 Å². The zero-order valence-corrected chi connectivity index (χ0v) is 15.3.